The number of aryl methyl sites for hydroxylation is 2. The van der Waals surface area contributed by atoms with E-state index in [0.717, 1.165) is 12.1 Å². The number of nitrogens with zero attached hydrogens (tertiary/aromatic N) is 1. The van der Waals surface area contributed by atoms with Gasteiger partial charge in [-0.25, -0.2) is 28.8 Å². The van der Waals surface area contributed by atoms with Crippen LogP contribution in [-0.4, -0.2) is 102 Å². The van der Waals surface area contributed by atoms with Crippen LogP contribution in [0.5, 0.6) is 86.2 Å². The minimum Gasteiger partial charge on any atom is -0.504 e. The average molecular weight is 1040 g/mol. The Hall–Kier alpha value is -10.9. The number of H-pyrrole nitrogens is 1. The first-order valence-electron chi connectivity index (χ1n) is 20.6. The Labute approximate surface area is 413 Å². The number of phenols is 10. The van der Waals surface area contributed by atoms with Crippen LogP contribution in [-0.2, 0) is 19.0 Å². The van der Waals surface area contributed by atoms with Crippen molar-refractivity contribution >= 4 is 35.8 Å². The van der Waals surface area contributed by atoms with Crippen LogP contribution in [0.3, 0.4) is 0 Å². The molecular formula is C48H31F3N2O22. The first-order valence-corrected chi connectivity index (χ1v) is 20.6. The summed E-state index contributed by atoms with van der Waals surface area (Å²) < 4.78 is 65.5. The lowest BCUT2D eigenvalue weighted by molar-refractivity contribution is -0.138. The van der Waals surface area contributed by atoms with Gasteiger partial charge in [0.2, 0.25) is 28.7 Å². The molecule has 0 bridgehead atoms. The van der Waals surface area contributed by atoms with E-state index in [1.807, 2.05) is 0 Å². The highest BCUT2D eigenvalue weighted by molar-refractivity contribution is 5.98. The average Bonchev–Trinajstić information content (AvgIpc) is 3.84. The highest BCUT2D eigenvalue weighted by Crippen LogP contribution is 2.44. The minimum atomic E-state index is -4.62. The third kappa shape index (κ3) is 11.4. The molecule has 386 valence electrons. The lowest BCUT2D eigenvalue weighted by atomic mass is 10.0. The number of halogens is 3. The van der Waals surface area contributed by atoms with Crippen molar-refractivity contribution in [2.75, 3.05) is 0 Å². The summed E-state index contributed by atoms with van der Waals surface area (Å²) in [6, 6.07) is 12.1. The number of aromatic amines is 1. The van der Waals surface area contributed by atoms with Gasteiger partial charge in [0, 0.05) is 0 Å². The molecule has 0 spiro atoms. The van der Waals surface area contributed by atoms with E-state index >= 15 is 0 Å². The maximum atomic E-state index is 13.4. The van der Waals surface area contributed by atoms with Crippen LogP contribution in [0.4, 0.5) is 13.2 Å². The van der Waals surface area contributed by atoms with Crippen molar-refractivity contribution in [3.63, 3.8) is 0 Å². The molecule has 1 aromatic heterocycles. The number of carboxylic acid groups (broad SMARTS) is 1. The first kappa shape index (κ1) is 52.0. The number of carboxylic acids is 1. The number of carbonyl (C=O) groups excluding carboxylic acids is 5. The molecule has 27 heteroatoms. The second kappa shape index (κ2) is 20.5. The Morgan fingerprint density at radius 1 is 0.440 bits per heavy atom. The monoisotopic (exact) mass is 1040 g/mol. The SMILES string of the molecule is O=C(O)c1cc(O)c(O)c(OC(=O)c2cc(O)c(O)c(OC(=O)c3cc(O)c(O)c(OC(=O)c4cc(O)c(O)c(OC(=O)c5cc(O)c(O)c(OC(=O)c6cc(CCc7ccccc7C(F)(F)F)n[nH]6)c5)c4)c3)c2)c1. The van der Waals surface area contributed by atoms with Gasteiger partial charge in [-0.2, -0.15) is 18.3 Å². The van der Waals surface area contributed by atoms with E-state index < -0.39 is 162 Å². The summed E-state index contributed by atoms with van der Waals surface area (Å²) in [7, 11) is 0. The number of aromatic carboxylic acids is 1. The number of benzene rings is 6. The third-order valence-corrected chi connectivity index (χ3v) is 10.3. The summed E-state index contributed by atoms with van der Waals surface area (Å²) in [5.74, 6) is -24.7. The molecule has 0 amide bonds. The normalized spacial score (nSPS) is 11.1. The topological polar surface area (TPSA) is 400 Å². The van der Waals surface area contributed by atoms with E-state index in [1.54, 1.807) is 0 Å². The number of carbonyl (C=O) groups is 6. The highest BCUT2D eigenvalue weighted by atomic mass is 19.4. The van der Waals surface area contributed by atoms with Crippen molar-refractivity contribution in [1.82, 2.24) is 10.2 Å². The van der Waals surface area contributed by atoms with Crippen LogP contribution < -0.4 is 23.7 Å². The van der Waals surface area contributed by atoms with Gasteiger partial charge in [-0.3, -0.25) is 5.10 Å². The quantitative estimate of drug-likeness (QED) is 0.0334. The zero-order chi connectivity index (χ0) is 54.8. The van der Waals surface area contributed by atoms with Gasteiger partial charge in [-0.15, -0.1) is 0 Å². The smallest absolute Gasteiger partial charge is 0.416 e. The van der Waals surface area contributed by atoms with E-state index in [2.05, 4.69) is 10.2 Å². The Morgan fingerprint density at radius 2 is 0.760 bits per heavy atom. The molecule has 0 radical (unpaired) electrons. The van der Waals surface area contributed by atoms with Crippen molar-refractivity contribution in [3.8, 4) is 86.2 Å². The summed E-state index contributed by atoms with van der Waals surface area (Å²) >= 11 is 0. The second-order valence-corrected chi connectivity index (χ2v) is 15.4. The lowest BCUT2D eigenvalue weighted by Gasteiger charge is -2.13. The summed E-state index contributed by atoms with van der Waals surface area (Å²) in [5.41, 5.74) is -4.70. The number of alkyl halides is 3. The number of hydrogen-bond acceptors (Lipinski definition) is 22. The Kier molecular flexibility index (Phi) is 14.2. The summed E-state index contributed by atoms with van der Waals surface area (Å²) in [4.78, 5) is 77.1. The molecule has 0 saturated carbocycles. The first-order chi connectivity index (χ1) is 35.3. The summed E-state index contributed by atoms with van der Waals surface area (Å²) in [6.07, 6.45) is -4.81. The van der Waals surface area contributed by atoms with Gasteiger partial charge in [0.1, 0.15) is 5.69 Å². The molecule has 12 N–H and O–H groups in total. The fourth-order valence-electron chi connectivity index (χ4n) is 6.61. The molecule has 0 unspecified atom stereocenters. The van der Waals surface area contributed by atoms with Crippen LogP contribution in [0.1, 0.15) is 79.1 Å². The van der Waals surface area contributed by atoms with Gasteiger partial charge in [0.05, 0.1) is 39.1 Å². The molecule has 6 aromatic carbocycles. The standard InChI is InChI=1S/C48H31F3N2O22/c49-48(50,51)25-4-2-1-3-18(25)5-6-24-17-26(53-52-24)47(70)75-36-16-23(11-31(58)41(36)63)46(69)74-35-15-22(10-30(57)40(35)62)45(68)73-34-14-21(9-29(56)39(34)61)44(67)72-33-13-20(8-28(55)38(33)60)43(66)71-32-12-19(42(64)65)7-27(54)37(32)59/h1-4,7-17,54-63H,5-6H2,(H,52,53)(H,64,65). The van der Waals surface area contributed by atoms with Crippen molar-refractivity contribution in [2.45, 2.75) is 19.0 Å². The molecule has 0 fully saturated rings. The molecule has 7 aromatic rings. The third-order valence-electron chi connectivity index (χ3n) is 10.3. The molecule has 7 rings (SSSR count). The number of rotatable bonds is 14. The molecule has 0 aliphatic rings. The Bertz CT molecular complexity index is 3520. The van der Waals surface area contributed by atoms with Crippen molar-refractivity contribution < 1.29 is 122 Å². The van der Waals surface area contributed by atoms with Gasteiger partial charge >= 0.3 is 42.0 Å². The van der Waals surface area contributed by atoms with Gasteiger partial charge in [0.15, 0.2) is 57.5 Å². The molecule has 0 saturated heterocycles. The number of phenolic OH excluding ortho intramolecular Hbond substituents is 10. The molecule has 24 nitrogen and oxygen atoms in total. The maximum absolute atomic E-state index is 13.4. The second-order valence-electron chi connectivity index (χ2n) is 15.4. The molecule has 75 heavy (non-hydrogen) atoms. The molecule has 1 heterocycles. The fraction of sp³-hybridized carbons (Fsp3) is 0.0625. The predicted octanol–water partition coefficient (Wildman–Crippen LogP) is 6.06. The van der Waals surface area contributed by atoms with Crippen molar-refractivity contribution in [1.29, 1.82) is 0 Å². The van der Waals surface area contributed by atoms with Gasteiger partial charge in [-0.1, -0.05) is 18.2 Å². The van der Waals surface area contributed by atoms with Gasteiger partial charge in [0.25, 0.3) is 0 Å². The number of nitrogens with one attached hydrogen (secondary N) is 1. The largest absolute Gasteiger partial charge is 0.504 e. The van der Waals surface area contributed by atoms with Gasteiger partial charge in [-0.05, 0) is 91.2 Å². The molecule has 0 aliphatic carbocycles. The molecular weight excluding hydrogens is 1010 g/mol. The van der Waals surface area contributed by atoms with E-state index in [4.69, 9.17) is 23.7 Å². The summed E-state index contributed by atoms with van der Waals surface area (Å²) in [6.45, 7) is 0. The highest BCUT2D eigenvalue weighted by Gasteiger charge is 2.33. The number of aromatic nitrogens is 2. The van der Waals surface area contributed by atoms with Crippen LogP contribution in [0.2, 0.25) is 0 Å². The van der Waals surface area contributed by atoms with Crippen molar-refractivity contribution in [3.05, 3.63) is 141 Å². The van der Waals surface area contributed by atoms with Crippen LogP contribution in [0, 0.1) is 0 Å². The predicted molar refractivity (Wildman–Crippen MR) is 238 cm³/mol. The summed E-state index contributed by atoms with van der Waals surface area (Å²) in [5, 5.41) is 119. The van der Waals surface area contributed by atoms with E-state index in [1.165, 1.54) is 18.2 Å². The van der Waals surface area contributed by atoms with E-state index in [0.29, 0.717) is 60.7 Å². The number of esters is 5. The minimum absolute atomic E-state index is 0.0397. The fourth-order valence-corrected chi connectivity index (χ4v) is 6.61. The van der Waals surface area contributed by atoms with E-state index in [9.17, 15) is 98.1 Å². The number of ether oxygens (including phenoxy) is 5. The number of hydrogen-bond donors (Lipinski definition) is 12. The van der Waals surface area contributed by atoms with E-state index in [-0.39, 0.29) is 29.8 Å². The van der Waals surface area contributed by atoms with Gasteiger partial charge < -0.3 is 79.9 Å². The van der Waals surface area contributed by atoms with Crippen LogP contribution >= 0.6 is 0 Å². The van der Waals surface area contributed by atoms with Crippen molar-refractivity contribution in [2.24, 2.45) is 0 Å². The zero-order valence-electron chi connectivity index (χ0n) is 37.1. The van der Waals surface area contributed by atoms with Crippen LogP contribution in [0.25, 0.3) is 0 Å². The number of aromatic hydroxyl groups is 10. The van der Waals surface area contributed by atoms with Crippen LogP contribution in [0.15, 0.2) is 91.0 Å². The zero-order valence-corrected chi connectivity index (χ0v) is 37.1. The lowest BCUT2D eigenvalue weighted by Crippen LogP contribution is -2.14. The maximum Gasteiger partial charge on any atom is 0.416 e. The molecule has 0 atom stereocenters. The Balaban J connectivity index is 1.04. The Morgan fingerprint density at radius 3 is 1.11 bits per heavy atom. The molecule has 0 aliphatic heterocycles.